The first kappa shape index (κ1) is 14.0. The molecular weight excluding hydrogens is 194 g/mol. The molecule has 0 radical (unpaired) electrons. The second-order valence-electron chi connectivity index (χ2n) is 6.73. The molecule has 1 aliphatic carbocycles. The Balaban J connectivity index is 2.21. The average Bonchev–Trinajstić information content (AvgIpc) is 2.17. The third-order valence-electron chi connectivity index (χ3n) is 3.92. The van der Waals surface area contributed by atoms with Crippen LogP contribution in [0.1, 0.15) is 72.6 Å². The van der Waals surface area contributed by atoms with E-state index in [9.17, 15) is 0 Å². The molecule has 1 heteroatoms. The van der Waals surface area contributed by atoms with Gasteiger partial charge in [-0.3, -0.25) is 0 Å². The molecule has 1 saturated carbocycles. The molecule has 1 aliphatic rings. The number of nitrogens with one attached hydrogen (secondary N) is 1. The minimum absolute atomic E-state index is 0.532. The van der Waals surface area contributed by atoms with E-state index < -0.39 is 0 Å². The molecule has 96 valence electrons. The number of hydrogen-bond donors (Lipinski definition) is 1. The third-order valence-corrected chi connectivity index (χ3v) is 3.92. The third kappa shape index (κ3) is 5.89. The van der Waals surface area contributed by atoms with Gasteiger partial charge in [-0.1, -0.05) is 59.8 Å². The Bertz CT molecular complexity index is 178. The van der Waals surface area contributed by atoms with Crippen molar-refractivity contribution in [1.82, 2.24) is 5.32 Å². The van der Waals surface area contributed by atoms with E-state index in [1.807, 2.05) is 0 Å². The molecule has 0 atom stereocenters. The highest BCUT2D eigenvalue weighted by molar-refractivity contribution is 4.77. The van der Waals surface area contributed by atoms with E-state index in [2.05, 4.69) is 33.0 Å². The Morgan fingerprint density at radius 2 is 1.75 bits per heavy atom. The molecule has 0 amide bonds. The van der Waals surface area contributed by atoms with Crippen molar-refractivity contribution in [3.63, 3.8) is 0 Å². The molecule has 0 spiro atoms. The van der Waals surface area contributed by atoms with Gasteiger partial charge in [-0.2, -0.15) is 0 Å². The fourth-order valence-corrected chi connectivity index (χ4v) is 2.97. The Morgan fingerprint density at radius 3 is 2.31 bits per heavy atom. The Hall–Kier alpha value is -0.0400. The lowest BCUT2D eigenvalue weighted by molar-refractivity contribution is 0.206. The summed E-state index contributed by atoms with van der Waals surface area (Å²) in [7, 11) is 0. The second-order valence-corrected chi connectivity index (χ2v) is 6.73. The summed E-state index contributed by atoms with van der Waals surface area (Å²) in [5.41, 5.74) is 0.532. The summed E-state index contributed by atoms with van der Waals surface area (Å²) in [6, 6.07) is 0.630. The van der Waals surface area contributed by atoms with Gasteiger partial charge in [0.15, 0.2) is 0 Å². The lowest BCUT2D eigenvalue weighted by Gasteiger charge is -2.32. The van der Waals surface area contributed by atoms with Crippen LogP contribution in [0.25, 0.3) is 0 Å². The summed E-state index contributed by atoms with van der Waals surface area (Å²) < 4.78 is 0. The highest BCUT2D eigenvalue weighted by Gasteiger charge is 2.24. The van der Waals surface area contributed by atoms with Crippen molar-refractivity contribution in [2.24, 2.45) is 11.3 Å². The lowest BCUT2D eigenvalue weighted by Crippen LogP contribution is -2.29. The monoisotopic (exact) mass is 225 g/mol. The zero-order chi connectivity index (χ0) is 12.0. The smallest absolute Gasteiger partial charge is 0.00103 e. The van der Waals surface area contributed by atoms with Gasteiger partial charge in [-0.05, 0) is 30.7 Å². The summed E-state index contributed by atoms with van der Waals surface area (Å²) in [6.45, 7) is 10.5. The van der Waals surface area contributed by atoms with Crippen molar-refractivity contribution < 1.29 is 0 Å². The van der Waals surface area contributed by atoms with Crippen LogP contribution in [0.2, 0.25) is 0 Å². The molecular formula is C15H31N. The topological polar surface area (TPSA) is 12.0 Å². The van der Waals surface area contributed by atoms with E-state index >= 15 is 0 Å². The molecule has 0 bridgehead atoms. The van der Waals surface area contributed by atoms with Gasteiger partial charge in [0.1, 0.15) is 0 Å². The summed E-state index contributed by atoms with van der Waals surface area (Å²) >= 11 is 0. The molecule has 16 heavy (non-hydrogen) atoms. The van der Waals surface area contributed by atoms with Crippen LogP contribution in [-0.2, 0) is 0 Å². The zero-order valence-corrected chi connectivity index (χ0v) is 11.8. The molecule has 1 fully saturated rings. The van der Waals surface area contributed by atoms with E-state index in [1.54, 1.807) is 0 Å². The molecule has 0 saturated heterocycles. The fraction of sp³-hybridized carbons (Fsp3) is 1.00. The first-order valence-electron chi connectivity index (χ1n) is 7.23. The van der Waals surface area contributed by atoms with Gasteiger partial charge in [-0.15, -0.1) is 0 Å². The van der Waals surface area contributed by atoms with Crippen LogP contribution >= 0.6 is 0 Å². The van der Waals surface area contributed by atoms with Crippen molar-refractivity contribution >= 4 is 0 Å². The van der Waals surface area contributed by atoms with Crippen LogP contribution in [0.15, 0.2) is 0 Å². The molecule has 0 unspecified atom stereocenters. The summed E-state index contributed by atoms with van der Waals surface area (Å²) in [5.74, 6) is 1.02. The maximum atomic E-state index is 3.54. The fourth-order valence-electron chi connectivity index (χ4n) is 2.97. The van der Waals surface area contributed by atoms with Crippen molar-refractivity contribution in [2.45, 2.75) is 78.7 Å². The highest BCUT2D eigenvalue weighted by atomic mass is 14.9. The summed E-state index contributed by atoms with van der Waals surface area (Å²) in [6.07, 6.45) is 10.2. The van der Waals surface area contributed by atoms with E-state index in [0.717, 1.165) is 5.92 Å². The van der Waals surface area contributed by atoms with Crippen molar-refractivity contribution in [2.75, 3.05) is 6.54 Å². The summed E-state index contributed by atoms with van der Waals surface area (Å²) in [5, 5.41) is 3.54. The van der Waals surface area contributed by atoms with Gasteiger partial charge in [0.05, 0.1) is 0 Å². The maximum absolute atomic E-state index is 3.54. The lowest BCUT2D eigenvalue weighted by atomic mass is 9.75. The van der Waals surface area contributed by atoms with Gasteiger partial charge in [-0.25, -0.2) is 0 Å². The van der Waals surface area contributed by atoms with Crippen LogP contribution in [0.5, 0.6) is 0 Å². The SMILES string of the molecule is CC(C)NCCC(C)(C)CC1CCCCC1. The molecule has 1 rings (SSSR count). The van der Waals surface area contributed by atoms with Crippen LogP contribution in [-0.4, -0.2) is 12.6 Å². The van der Waals surface area contributed by atoms with Crippen LogP contribution in [0, 0.1) is 11.3 Å². The maximum Gasteiger partial charge on any atom is 0.00103 e. The van der Waals surface area contributed by atoms with Crippen molar-refractivity contribution in [1.29, 1.82) is 0 Å². The molecule has 0 aromatic rings. The zero-order valence-electron chi connectivity index (χ0n) is 11.8. The van der Waals surface area contributed by atoms with E-state index in [1.165, 1.54) is 51.5 Å². The molecule has 0 aliphatic heterocycles. The summed E-state index contributed by atoms with van der Waals surface area (Å²) in [4.78, 5) is 0. The quantitative estimate of drug-likeness (QED) is 0.708. The molecule has 0 aromatic carbocycles. The first-order valence-corrected chi connectivity index (χ1v) is 7.23. The predicted molar refractivity (Wildman–Crippen MR) is 72.7 cm³/mol. The minimum atomic E-state index is 0.532. The Morgan fingerprint density at radius 1 is 1.12 bits per heavy atom. The van der Waals surface area contributed by atoms with E-state index in [0.29, 0.717) is 11.5 Å². The average molecular weight is 225 g/mol. The minimum Gasteiger partial charge on any atom is -0.315 e. The Labute approximate surface area is 102 Å². The van der Waals surface area contributed by atoms with Gasteiger partial charge in [0, 0.05) is 6.04 Å². The van der Waals surface area contributed by atoms with E-state index in [4.69, 9.17) is 0 Å². The first-order chi connectivity index (χ1) is 7.49. The second kappa shape index (κ2) is 6.64. The number of rotatable bonds is 6. The predicted octanol–water partition coefficient (Wildman–Crippen LogP) is 4.37. The van der Waals surface area contributed by atoms with Crippen LogP contribution in [0.4, 0.5) is 0 Å². The Kier molecular flexibility index (Phi) is 5.82. The largest absolute Gasteiger partial charge is 0.315 e. The van der Waals surface area contributed by atoms with Crippen molar-refractivity contribution in [3.05, 3.63) is 0 Å². The standard InChI is InChI=1S/C15H31N/c1-13(2)16-11-10-15(3,4)12-14-8-6-5-7-9-14/h13-14,16H,5-12H2,1-4H3. The van der Waals surface area contributed by atoms with Crippen molar-refractivity contribution in [3.8, 4) is 0 Å². The van der Waals surface area contributed by atoms with Gasteiger partial charge < -0.3 is 5.32 Å². The van der Waals surface area contributed by atoms with E-state index in [-0.39, 0.29) is 0 Å². The molecule has 1 N–H and O–H groups in total. The molecule has 0 heterocycles. The number of hydrogen-bond acceptors (Lipinski definition) is 1. The van der Waals surface area contributed by atoms with Gasteiger partial charge >= 0.3 is 0 Å². The molecule has 0 aromatic heterocycles. The normalized spacial score (nSPS) is 19.3. The molecule has 1 nitrogen and oxygen atoms in total. The van der Waals surface area contributed by atoms with Crippen LogP contribution < -0.4 is 5.32 Å². The van der Waals surface area contributed by atoms with Gasteiger partial charge in [0.2, 0.25) is 0 Å². The van der Waals surface area contributed by atoms with Gasteiger partial charge in [0.25, 0.3) is 0 Å². The highest BCUT2D eigenvalue weighted by Crippen LogP contribution is 2.36. The van der Waals surface area contributed by atoms with Crippen LogP contribution in [0.3, 0.4) is 0 Å².